The average Bonchev–Trinajstić information content (AvgIpc) is 2.89. The van der Waals surface area contributed by atoms with E-state index in [1.165, 1.54) is 0 Å². The quantitative estimate of drug-likeness (QED) is 0.816. The van der Waals surface area contributed by atoms with E-state index in [9.17, 15) is 9.59 Å². The first kappa shape index (κ1) is 21.9. The smallest absolute Gasteiger partial charge is 0.225 e. The van der Waals surface area contributed by atoms with Crippen molar-refractivity contribution in [3.05, 3.63) is 54.1 Å². The Morgan fingerprint density at radius 3 is 2.47 bits per heavy atom. The van der Waals surface area contributed by atoms with Crippen LogP contribution in [0.3, 0.4) is 0 Å². The molecule has 0 saturated carbocycles. The van der Waals surface area contributed by atoms with Crippen LogP contribution in [0.15, 0.2) is 48.5 Å². The molecule has 0 aliphatic carbocycles. The molecule has 5 nitrogen and oxygen atoms in total. The number of amides is 2. The average molecular weight is 409 g/mol. The third-order valence-electron chi connectivity index (χ3n) is 5.41. The SMILES string of the molecule is COc1ccccc1-c1ccccc1C[C@H]1CN(C(=O)CC(C)(C)C)CCNC1=O. The first-order valence-electron chi connectivity index (χ1n) is 10.6. The molecule has 30 heavy (non-hydrogen) atoms. The highest BCUT2D eigenvalue weighted by molar-refractivity contribution is 5.83. The highest BCUT2D eigenvalue weighted by Crippen LogP contribution is 2.33. The van der Waals surface area contributed by atoms with Crippen LogP contribution in [0.2, 0.25) is 0 Å². The van der Waals surface area contributed by atoms with Gasteiger partial charge in [-0.3, -0.25) is 9.59 Å². The van der Waals surface area contributed by atoms with Gasteiger partial charge in [-0.15, -0.1) is 0 Å². The van der Waals surface area contributed by atoms with Crippen LogP contribution in [0.4, 0.5) is 0 Å². The minimum absolute atomic E-state index is 0.0101. The molecule has 0 bridgehead atoms. The molecule has 3 rings (SSSR count). The topological polar surface area (TPSA) is 58.6 Å². The number of hydrogen-bond donors (Lipinski definition) is 1. The van der Waals surface area contributed by atoms with E-state index in [4.69, 9.17) is 4.74 Å². The van der Waals surface area contributed by atoms with E-state index in [0.29, 0.717) is 32.5 Å². The maximum Gasteiger partial charge on any atom is 0.225 e. The molecule has 2 amide bonds. The Hall–Kier alpha value is -2.82. The summed E-state index contributed by atoms with van der Waals surface area (Å²) in [6.45, 7) is 7.69. The van der Waals surface area contributed by atoms with Crippen LogP contribution in [-0.2, 0) is 16.0 Å². The summed E-state index contributed by atoms with van der Waals surface area (Å²) in [7, 11) is 1.67. The molecule has 1 aliphatic heterocycles. The third-order valence-corrected chi connectivity index (χ3v) is 5.41. The summed E-state index contributed by atoms with van der Waals surface area (Å²) in [5.41, 5.74) is 3.06. The van der Waals surface area contributed by atoms with Crippen molar-refractivity contribution in [2.45, 2.75) is 33.6 Å². The number of carbonyl (C=O) groups is 2. The van der Waals surface area contributed by atoms with E-state index in [1.807, 2.05) is 41.3 Å². The van der Waals surface area contributed by atoms with Gasteiger partial charge in [0.1, 0.15) is 5.75 Å². The number of hydrogen-bond acceptors (Lipinski definition) is 3. The zero-order valence-corrected chi connectivity index (χ0v) is 18.4. The standard InChI is InChI=1S/C25H32N2O3/c1-25(2,3)16-23(28)27-14-13-26-24(29)19(17-27)15-18-9-5-6-10-20(18)21-11-7-8-12-22(21)30-4/h5-12,19H,13-17H2,1-4H3,(H,26,29)/t19-/m0/s1. The normalized spacial score (nSPS) is 17.3. The van der Waals surface area contributed by atoms with Crippen LogP contribution in [0.5, 0.6) is 5.75 Å². The number of rotatable bonds is 5. The maximum atomic E-state index is 12.8. The van der Waals surface area contributed by atoms with Gasteiger partial charge in [-0.25, -0.2) is 0 Å². The Labute approximate surface area is 179 Å². The Morgan fingerprint density at radius 1 is 1.10 bits per heavy atom. The molecule has 5 heteroatoms. The molecule has 1 N–H and O–H groups in total. The van der Waals surface area contributed by atoms with E-state index < -0.39 is 0 Å². The van der Waals surface area contributed by atoms with Gasteiger partial charge in [-0.05, 0) is 29.0 Å². The van der Waals surface area contributed by atoms with Gasteiger partial charge in [0.05, 0.1) is 13.0 Å². The van der Waals surface area contributed by atoms with Crippen LogP contribution in [-0.4, -0.2) is 43.5 Å². The summed E-state index contributed by atoms with van der Waals surface area (Å²) in [5.74, 6) is 0.641. The summed E-state index contributed by atoms with van der Waals surface area (Å²) in [4.78, 5) is 27.4. The second-order valence-electron chi connectivity index (χ2n) is 9.13. The van der Waals surface area contributed by atoms with E-state index in [-0.39, 0.29) is 23.1 Å². The van der Waals surface area contributed by atoms with Gasteiger partial charge in [-0.2, -0.15) is 0 Å². The molecular formula is C25H32N2O3. The monoisotopic (exact) mass is 408 g/mol. The maximum absolute atomic E-state index is 12.8. The van der Waals surface area contributed by atoms with E-state index in [1.54, 1.807) is 7.11 Å². The number of benzene rings is 2. The first-order valence-corrected chi connectivity index (χ1v) is 10.6. The number of nitrogens with zero attached hydrogens (tertiary/aromatic N) is 1. The Bertz CT molecular complexity index is 901. The molecule has 0 unspecified atom stereocenters. The number of para-hydroxylation sites is 1. The van der Waals surface area contributed by atoms with Crippen LogP contribution in [0.25, 0.3) is 11.1 Å². The molecule has 160 valence electrons. The van der Waals surface area contributed by atoms with Gasteiger partial charge in [-0.1, -0.05) is 63.2 Å². The van der Waals surface area contributed by atoms with E-state index in [0.717, 1.165) is 22.4 Å². The number of methoxy groups -OCH3 is 1. The number of nitrogens with one attached hydrogen (secondary N) is 1. The lowest BCUT2D eigenvalue weighted by molar-refractivity contribution is -0.133. The third kappa shape index (κ3) is 5.41. The Kier molecular flexibility index (Phi) is 6.80. The van der Waals surface area contributed by atoms with Crippen molar-refractivity contribution in [2.24, 2.45) is 11.3 Å². The predicted molar refractivity (Wildman–Crippen MR) is 119 cm³/mol. The van der Waals surface area contributed by atoms with E-state index >= 15 is 0 Å². The van der Waals surface area contributed by atoms with Crippen molar-refractivity contribution in [3.8, 4) is 16.9 Å². The fourth-order valence-corrected chi connectivity index (χ4v) is 3.94. The molecule has 1 aliphatic rings. The lowest BCUT2D eigenvalue weighted by Gasteiger charge is -2.27. The lowest BCUT2D eigenvalue weighted by Crippen LogP contribution is -2.38. The highest BCUT2D eigenvalue weighted by atomic mass is 16.5. The van der Waals surface area contributed by atoms with Gasteiger partial charge in [0.25, 0.3) is 0 Å². The second kappa shape index (κ2) is 9.33. The zero-order chi connectivity index (χ0) is 21.7. The van der Waals surface area contributed by atoms with Crippen molar-refractivity contribution >= 4 is 11.8 Å². The van der Waals surface area contributed by atoms with Crippen LogP contribution < -0.4 is 10.1 Å². The summed E-state index contributed by atoms with van der Waals surface area (Å²) in [5, 5.41) is 2.99. The summed E-state index contributed by atoms with van der Waals surface area (Å²) >= 11 is 0. The number of ether oxygens (including phenoxy) is 1. The van der Waals surface area contributed by atoms with E-state index in [2.05, 4.69) is 38.2 Å². The summed E-state index contributed by atoms with van der Waals surface area (Å²) in [6, 6.07) is 16.0. The molecule has 2 aromatic carbocycles. The van der Waals surface area contributed by atoms with Gasteiger partial charge >= 0.3 is 0 Å². The summed E-state index contributed by atoms with van der Waals surface area (Å²) in [6.07, 6.45) is 1.05. The minimum atomic E-state index is -0.285. The van der Waals surface area contributed by atoms with Crippen molar-refractivity contribution < 1.29 is 14.3 Å². The van der Waals surface area contributed by atoms with Crippen molar-refractivity contribution in [1.82, 2.24) is 10.2 Å². The molecule has 0 radical (unpaired) electrons. The fourth-order valence-electron chi connectivity index (χ4n) is 3.94. The van der Waals surface area contributed by atoms with Crippen molar-refractivity contribution in [2.75, 3.05) is 26.7 Å². The molecule has 2 aromatic rings. The van der Waals surface area contributed by atoms with Crippen LogP contribution >= 0.6 is 0 Å². The van der Waals surface area contributed by atoms with Crippen LogP contribution in [0.1, 0.15) is 32.8 Å². The highest BCUT2D eigenvalue weighted by Gasteiger charge is 2.30. The van der Waals surface area contributed by atoms with Crippen LogP contribution in [0, 0.1) is 11.3 Å². The fraction of sp³-hybridized carbons (Fsp3) is 0.440. The Morgan fingerprint density at radius 2 is 1.77 bits per heavy atom. The molecule has 0 spiro atoms. The van der Waals surface area contributed by atoms with Gasteiger partial charge < -0.3 is 15.0 Å². The Balaban J connectivity index is 1.86. The second-order valence-corrected chi connectivity index (χ2v) is 9.13. The largest absolute Gasteiger partial charge is 0.496 e. The van der Waals surface area contributed by atoms with Crippen molar-refractivity contribution in [3.63, 3.8) is 0 Å². The first-order chi connectivity index (χ1) is 14.3. The molecule has 1 heterocycles. The molecule has 1 fully saturated rings. The van der Waals surface area contributed by atoms with Gasteiger partial charge in [0.15, 0.2) is 0 Å². The molecular weight excluding hydrogens is 376 g/mol. The predicted octanol–water partition coefficient (Wildman–Crippen LogP) is 3.92. The molecule has 1 saturated heterocycles. The lowest BCUT2D eigenvalue weighted by atomic mass is 9.90. The summed E-state index contributed by atoms with van der Waals surface area (Å²) < 4.78 is 5.55. The van der Waals surface area contributed by atoms with Gasteiger partial charge in [0.2, 0.25) is 11.8 Å². The van der Waals surface area contributed by atoms with Crippen molar-refractivity contribution in [1.29, 1.82) is 0 Å². The zero-order valence-electron chi connectivity index (χ0n) is 18.4. The van der Waals surface area contributed by atoms with Gasteiger partial charge in [0, 0.05) is 31.6 Å². The minimum Gasteiger partial charge on any atom is -0.496 e. The molecule has 0 aromatic heterocycles. The molecule has 1 atom stereocenters. The number of carbonyl (C=O) groups excluding carboxylic acids is 2.